The van der Waals surface area contributed by atoms with Gasteiger partial charge in [-0.15, -0.1) is 0 Å². The first kappa shape index (κ1) is 19.7. The molecule has 0 radical (unpaired) electrons. The standard InChI is InChI=1S/C15H17ClN2O5S2/c1-2-23-14-8-5-12(16)9-15(14)25(21,22)18-10-11-3-6-13(7-4-11)24(17,19)20/h3-9,18H,2,10H2,1H3,(H2,17,19,20). The molecular formula is C15H17ClN2O5S2. The maximum atomic E-state index is 12.5. The van der Waals surface area contributed by atoms with Gasteiger partial charge in [-0.3, -0.25) is 0 Å². The van der Waals surface area contributed by atoms with Crippen molar-refractivity contribution in [2.24, 2.45) is 5.14 Å². The number of hydrogen-bond acceptors (Lipinski definition) is 5. The minimum Gasteiger partial charge on any atom is -0.492 e. The molecular weight excluding hydrogens is 388 g/mol. The van der Waals surface area contributed by atoms with Gasteiger partial charge in [0.15, 0.2) is 0 Å². The summed E-state index contributed by atoms with van der Waals surface area (Å²) in [6, 6.07) is 9.90. The Hall–Kier alpha value is -1.65. The van der Waals surface area contributed by atoms with Gasteiger partial charge in [0.25, 0.3) is 0 Å². The molecule has 2 rings (SSSR count). The highest BCUT2D eigenvalue weighted by molar-refractivity contribution is 7.89. The van der Waals surface area contributed by atoms with E-state index in [4.69, 9.17) is 21.5 Å². The van der Waals surface area contributed by atoms with E-state index in [1.54, 1.807) is 6.92 Å². The summed E-state index contributed by atoms with van der Waals surface area (Å²) in [7, 11) is -7.67. The maximum absolute atomic E-state index is 12.5. The Morgan fingerprint density at radius 3 is 2.28 bits per heavy atom. The topological polar surface area (TPSA) is 116 Å². The molecule has 136 valence electrons. The van der Waals surface area contributed by atoms with Gasteiger partial charge in [-0.25, -0.2) is 26.7 Å². The highest BCUT2D eigenvalue weighted by Gasteiger charge is 2.20. The van der Waals surface area contributed by atoms with Crippen LogP contribution in [0.25, 0.3) is 0 Å². The van der Waals surface area contributed by atoms with Crippen molar-refractivity contribution in [3.05, 3.63) is 53.1 Å². The molecule has 10 heteroatoms. The molecule has 7 nitrogen and oxygen atoms in total. The molecule has 0 aliphatic heterocycles. The Morgan fingerprint density at radius 2 is 1.72 bits per heavy atom. The lowest BCUT2D eigenvalue weighted by Crippen LogP contribution is -2.24. The second-order valence-electron chi connectivity index (χ2n) is 5.04. The second-order valence-corrected chi connectivity index (χ2v) is 8.77. The second kappa shape index (κ2) is 7.71. The van der Waals surface area contributed by atoms with Crippen molar-refractivity contribution in [2.45, 2.75) is 23.3 Å². The molecule has 0 aliphatic carbocycles. The number of benzene rings is 2. The van der Waals surface area contributed by atoms with Gasteiger partial charge in [0, 0.05) is 11.6 Å². The summed E-state index contributed by atoms with van der Waals surface area (Å²) in [5.74, 6) is 0.198. The van der Waals surface area contributed by atoms with Crippen LogP contribution in [0.2, 0.25) is 5.02 Å². The lowest BCUT2D eigenvalue weighted by atomic mass is 10.2. The average Bonchev–Trinajstić information content (AvgIpc) is 2.54. The fourth-order valence-electron chi connectivity index (χ4n) is 2.02. The van der Waals surface area contributed by atoms with Gasteiger partial charge in [-0.2, -0.15) is 0 Å². The maximum Gasteiger partial charge on any atom is 0.244 e. The van der Waals surface area contributed by atoms with Gasteiger partial charge >= 0.3 is 0 Å². The van der Waals surface area contributed by atoms with Crippen LogP contribution in [0.4, 0.5) is 0 Å². The van der Waals surface area contributed by atoms with Crippen molar-refractivity contribution >= 4 is 31.6 Å². The molecule has 2 aromatic rings. The van der Waals surface area contributed by atoms with Gasteiger partial charge in [0.1, 0.15) is 10.6 Å². The lowest BCUT2D eigenvalue weighted by Gasteiger charge is -2.12. The monoisotopic (exact) mass is 404 g/mol. The van der Waals surface area contributed by atoms with Crippen molar-refractivity contribution in [1.29, 1.82) is 0 Å². The third kappa shape index (κ3) is 5.16. The zero-order valence-corrected chi connectivity index (χ0v) is 15.7. The SMILES string of the molecule is CCOc1ccc(Cl)cc1S(=O)(=O)NCc1ccc(S(N)(=O)=O)cc1. The van der Waals surface area contributed by atoms with Crippen molar-refractivity contribution in [3.8, 4) is 5.75 Å². The summed E-state index contributed by atoms with van der Waals surface area (Å²) in [5, 5.41) is 5.28. The van der Waals surface area contributed by atoms with Gasteiger partial charge in [0.05, 0.1) is 11.5 Å². The van der Waals surface area contributed by atoms with E-state index in [1.165, 1.54) is 42.5 Å². The summed E-state index contributed by atoms with van der Waals surface area (Å²) in [6.45, 7) is 2.01. The van der Waals surface area contributed by atoms with Crippen LogP contribution in [0.3, 0.4) is 0 Å². The highest BCUT2D eigenvalue weighted by Crippen LogP contribution is 2.27. The molecule has 3 N–H and O–H groups in total. The normalized spacial score (nSPS) is 12.1. The van der Waals surface area contributed by atoms with E-state index in [9.17, 15) is 16.8 Å². The predicted molar refractivity (Wildman–Crippen MR) is 94.5 cm³/mol. The zero-order valence-electron chi connectivity index (χ0n) is 13.3. The first-order chi connectivity index (χ1) is 11.6. The van der Waals surface area contributed by atoms with E-state index in [0.29, 0.717) is 12.2 Å². The number of nitrogens with one attached hydrogen (secondary N) is 1. The summed E-state index contributed by atoms with van der Waals surface area (Å²) in [4.78, 5) is -0.115. The van der Waals surface area contributed by atoms with E-state index >= 15 is 0 Å². The average molecular weight is 405 g/mol. The van der Waals surface area contributed by atoms with Gasteiger partial charge in [-0.1, -0.05) is 23.7 Å². The largest absolute Gasteiger partial charge is 0.492 e. The number of halogens is 1. The van der Waals surface area contributed by atoms with E-state index in [1.807, 2.05) is 0 Å². The summed E-state index contributed by atoms with van der Waals surface area (Å²) < 4.78 is 55.2. The number of sulfonamides is 2. The first-order valence-corrected chi connectivity index (χ1v) is 10.6. The number of primary sulfonamides is 1. The molecule has 0 saturated carbocycles. The van der Waals surface area contributed by atoms with Crippen molar-refractivity contribution in [3.63, 3.8) is 0 Å². The van der Waals surface area contributed by atoms with Crippen LogP contribution in [0.1, 0.15) is 12.5 Å². The summed E-state index contributed by atoms with van der Waals surface area (Å²) >= 11 is 5.88. The molecule has 0 aromatic heterocycles. The molecule has 25 heavy (non-hydrogen) atoms. The zero-order chi connectivity index (χ0) is 18.7. The van der Waals surface area contributed by atoms with Gasteiger partial charge < -0.3 is 4.74 Å². The Kier molecular flexibility index (Phi) is 6.07. The van der Waals surface area contributed by atoms with Crippen LogP contribution >= 0.6 is 11.6 Å². The number of hydrogen-bond donors (Lipinski definition) is 2. The predicted octanol–water partition coefficient (Wildman–Crippen LogP) is 1.86. The minimum absolute atomic E-state index is 0.0364. The van der Waals surface area contributed by atoms with Gasteiger partial charge in [-0.05, 0) is 42.8 Å². The molecule has 0 amide bonds. The summed E-state index contributed by atoms with van der Waals surface area (Å²) in [5.41, 5.74) is 0.566. The van der Waals surface area contributed by atoms with Crippen LogP contribution in [-0.2, 0) is 26.6 Å². The first-order valence-electron chi connectivity index (χ1n) is 7.17. The van der Waals surface area contributed by atoms with E-state index in [0.717, 1.165) is 0 Å². The molecule has 0 unspecified atom stereocenters. The molecule has 0 fully saturated rings. The Bertz CT molecular complexity index is 958. The molecule has 0 spiro atoms. The highest BCUT2D eigenvalue weighted by atomic mass is 35.5. The summed E-state index contributed by atoms with van der Waals surface area (Å²) in [6.07, 6.45) is 0. The van der Waals surface area contributed by atoms with Crippen LogP contribution < -0.4 is 14.6 Å². The van der Waals surface area contributed by atoms with E-state index in [-0.39, 0.29) is 27.1 Å². The fourth-order valence-corrected chi connectivity index (χ4v) is 3.96. The Balaban J connectivity index is 2.21. The lowest BCUT2D eigenvalue weighted by molar-refractivity contribution is 0.331. The molecule has 0 aliphatic rings. The molecule has 0 heterocycles. The third-order valence-corrected chi connectivity index (χ3v) is 5.80. The van der Waals surface area contributed by atoms with Crippen molar-refractivity contribution in [2.75, 3.05) is 6.61 Å². The Labute approximate surface area is 151 Å². The molecule has 0 bridgehead atoms. The van der Waals surface area contributed by atoms with Crippen LogP contribution in [0, 0.1) is 0 Å². The van der Waals surface area contributed by atoms with Crippen molar-refractivity contribution in [1.82, 2.24) is 4.72 Å². The fraction of sp³-hybridized carbons (Fsp3) is 0.200. The van der Waals surface area contributed by atoms with Crippen LogP contribution in [0.15, 0.2) is 52.3 Å². The molecule has 0 atom stereocenters. The smallest absolute Gasteiger partial charge is 0.244 e. The minimum atomic E-state index is -3.87. The number of nitrogens with two attached hydrogens (primary N) is 1. The number of rotatable bonds is 7. The third-order valence-electron chi connectivity index (χ3n) is 3.21. The van der Waals surface area contributed by atoms with Crippen LogP contribution in [0.5, 0.6) is 5.75 Å². The van der Waals surface area contributed by atoms with Crippen molar-refractivity contribution < 1.29 is 21.6 Å². The van der Waals surface area contributed by atoms with E-state index in [2.05, 4.69) is 4.72 Å². The molecule has 2 aromatic carbocycles. The van der Waals surface area contributed by atoms with Crippen LogP contribution in [-0.4, -0.2) is 23.4 Å². The quantitative estimate of drug-likeness (QED) is 0.730. The molecule has 0 saturated heterocycles. The van der Waals surface area contributed by atoms with E-state index < -0.39 is 20.0 Å². The number of ether oxygens (including phenoxy) is 1. The Morgan fingerprint density at radius 1 is 1.08 bits per heavy atom. The van der Waals surface area contributed by atoms with Gasteiger partial charge in [0.2, 0.25) is 20.0 Å².